The largest absolute Gasteiger partial charge is 0.480 e. The number of fused-ring (bicyclic) bond motifs is 3. The van der Waals surface area contributed by atoms with Crippen LogP contribution >= 0.6 is 11.8 Å². The Labute approximate surface area is 175 Å². The van der Waals surface area contributed by atoms with Crippen LogP contribution in [-0.4, -0.2) is 40.8 Å². The molecule has 1 aliphatic rings. The molecule has 0 bridgehead atoms. The van der Waals surface area contributed by atoms with Gasteiger partial charge in [-0.05, 0) is 35.1 Å². The Morgan fingerprint density at radius 3 is 2.10 bits per heavy atom. The minimum absolute atomic E-state index is 0.0460. The van der Waals surface area contributed by atoms with Crippen LogP contribution in [0.3, 0.4) is 0 Å². The molecule has 5 nitrogen and oxygen atoms in total. The van der Waals surface area contributed by atoms with Gasteiger partial charge in [0.2, 0.25) is 0 Å². The van der Waals surface area contributed by atoms with Crippen LogP contribution in [0.5, 0.6) is 0 Å². The maximum absolute atomic E-state index is 12.3. The van der Waals surface area contributed by atoms with E-state index in [0.717, 1.165) is 35.1 Å². The number of hydrogen-bond donors (Lipinski definition) is 2. The number of hydrogen-bond acceptors (Lipinski definition) is 4. The van der Waals surface area contributed by atoms with E-state index in [-0.39, 0.29) is 12.5 Å². The summed E-state index contributed by atoms with van der Waals surface area (Å²) in [4.78, 5) is 23.8. The molecule has 154 valence electrons. The number of alkyl carbamates (subject to hydrolysis) is 1. The van der Waals surface area contributed by atoms with Crippen LogP contribution in [0.1, 0.15) is 43.7 Å². The second kappa shape index (κ2) is 9.83. The Morgan fingerprint density at radius 2 is 1.59 bits per heavy atom. The van der Waals surface area contributed by atoms with E-state index in [9.17, 15) is 14.7 Å². The van der Waals surface area contributed by atoms with Gasteiger partial charge in [0, 0.05) is 16.9 Å². The van der Waals surface area contributed by atoms with Crippen molar-refractivity contribution in [2.45, 2.75) is 43.9 Å². The maximum atomic E-state index is 12.3. The number of carbonyl (C=O) groups is 2. The topological polar surface area (TPSA) is 75.6 Å². The highest BCUT2D eigenvalue weighted by Gasteiger charge is 2.29. The van der Waals surface area contributed by atoms with Crippen LogP contribution in [0.4, 0.5) is 4.79 Å². The molecule has 1 atom stereocenters. The number of benzene rings is 2. The predicted molar refractivity (Wildman–Crippen MR) is 116 cm³/mol. The molecule has 1 aliphatic carbocycles. The molecular formula is C23H27NO4S. The molecule has 2 aromatic carbocycles. The minimum atomic E-state index is -1.04. The van der Waals surface area contributed by atoms with Gasteiger partial charge in [-0.2, -0.15) is 11.8 Å². The summed E-state index contributed by atoms with van der Waals surface area (Å²) in [5, 5.41) is 12.3. The second-order valence-electron chi connectivity index (χ2n) is 7.13. The number of rotatable bonds is 9. The quantitative estimate of drug-likeness (QED) is 0.611. The third-order valence-electron chi connectivity index (χ3n) is 5.34. The van der Waals surface area contributed by atoms with Crippen molar-refractivity contribution in [3.05, 3.63) is 59.7 Å². The van der Waals surface area contributed by atoms with Crippen LogP contribution in [-0.2, 0) is 9.53 Å². The molecule has 0 saturated carbocycles. The Morgan fingerprint density at radius 1 is 1.03 bits per heavy atom. The molecule has 3 rings (SSSR count). The summed E-state index contributed by atoms with van der Waals surface area (Å²) in [6.45, 7) is 4.33. The first-order chi connectivity index (χ1) is 14.0. The first kappa shape index (κ1) is 21.2. The second-order valence-corrected chi connectivity index (χ2v) is 8.47. The molecule has 0 heterocycles. The highest BCUT2D eigenvalue weighted by Crippen LogP contribution is 2.44. The van der Waals surface area contributed by atoms with Crippen molar-refractivity contribution >= 4 is 23.8 Å². The summed E-state index contributed by atoms with van der Waals surface area (Å²) >= 11 is 1.57. The Hall–Kier alpha value is -2.47. The number of thioether (sulfide) groups is 1. The van der Waals surface area contributed by atoms with E-state index < -0.39 is 18.1 Å². The molecule has 1 amide bonds. The summed E-state index contributed by atoms with van der Waals surface area (Å²) in [5.41, 5.74) is 4.56. The summed E-state index contributed by atoms with van der Waals surface area (Å²) in [5.74, 6) is -0.765. The van der Waals surface area contributed by atoms with Gasteiger partial charge in [-0.15, -0.1) is 0 Å². The number of ether oxygens (including phenoxy) is 1. The number of amides is 1. The van der Waals surface area contributed by atoms with E-state index in [1.54, 1.807) is 11.8 Å². The molecular weight excluding hydrogens is 386 g/mol. The van der Waals surface area contributed by atoms with Crippen LogP contribution < -0.4 is 5.32 Å². The van der Waals surface area contributed by atoms with Gasteiger partial charge in [0.25, 0.3) is 0 Å². The summed E-state index contributed by atoms with van der Waals surface area (Å²) < 4.78 is 5.46. The van der Waals surface area contributed by atoms with Crippen molar-refractivity contribution in [2.24, 2.45) is 0 Å². The Balaban J connectivity index is 1.62. The average molecular weight is 414 g/mol. The fourth-order valence-corrected chi connectivity index (χ4v) is 4.88. The van der Waals surface area contributed by atoms with Crippen molar-refractivity contribution in [3.8, 4) is 11.1 Å². The van der Waals surface area contributed by atoms with Gasteiger partial charge in [0.05, 0.1) is 0 Å². The standard InChI is InChI=1S/C23H27NO4S/c1-3-15(4-2)29-14-21(22(25)26)24-23(27)28-13-20-18-11-7-5-9-16(18)17-10-6-8-12-19(17)20/h5-12,15,20-21H,3-4,13-14H2,1-2H3,(H,24,27)(H,25,26). The number of aliphatic carboxylic acids is 1. The van der Waals surface area contributed by atoms with Crippen LogP contribution in [0.25, 0.3) is 11.1 Å². The van der Waals surface area contributed by atoms with Gasteiger partial charge in [-0.1, -0.05) is 62.4 Å². The molecule has 0 saturated heterocycles. The highest BCUT2D eigenvalue weighted by atomic mass is 32.2. The number of carbonyl (C=O) groups excluding carboxylic acids is 1. The summed E-state index contributed by atoms with van der Waals surface area (Å²) in [7, 11) is 0. The summed E-state index contributed by atoms with van der Waals surface area (Å²) in [6, 6.07) is 15.2. The molecule has 0 aliphatic heterocycles. The molecule has 0 fully saturated rings. The van der Waals surface area contributed by atoms with Gasteiger partial charge in [0.15, 0.2) is 0 Å². The molecule has 6 heteroatoms. The lowest BCUT2D eigenvalue weighted by Gasteiger charge is -2.19. The lowest BCUT2D eigenvalue weighted by Crippen LogP contribution is -2.43. The molecule has 2 aromatic rings. The molecule has 0 aromatic heterocycles. The SMILES string of the molecule is CCC(CC)SCC(NC(=O)OCC1c2ccccc2-c2ccccc21)C(=O)O. The van der Waals surface area contributed by atoms with Gasteiger partial charge < -0.3 is 15.2 Å². The van der Waals surface area contributed by atoms with Crippen molar-refractivity contribution in [1.82, 2.24) is 5.32 Å². The van der Waals surface area contributed by atoms with Crippen molar-refractivity contribution in [3.63, 3.8) is 0 Å². The molecule has 0 radical (unpaired) electrons. The van der Waals surface area contributed by atoms with Crippen LogP contribution in [0.2, 0.25) is 0 Å². The first-order valence-corrected chi connectivity index (χ1v) is 11.1. The molecule has 29 heavy (non-hydrogen) atoms. The zero-order valence-electron chi connectivity index (χ0n) is 16.8. The maximum Gasteiger partial charge on any atom is 0.407 e. The smallest absolute Gasteiger partial charge is 0.407 e. The minimum Gasteiger partial charge on any atom is -0.480 e. The number of nitrogens with one attached hydrogen (secondary N) is 1. The Kier molecular flexibility index (Phi) is 7.20. The molecule has 2 N–H and O–H groups in total. The third-order valence-corrected chi connectivity index (χ3v) is 7.01. The van der Waals surface area contributed by atoms with Crippen molar-refractivity contribution in [2.75, 3.05) is 12.4 Å². The highest BCUT2D eigenvalue weighted by molar-refractivity contribution is 7.99. The fourth-order valence-electron chi connectivity index (χ4n) is 3.71. The average Bonchev–Trinajstić information content (AvgIpc) is 3.06. The van der Waals surface area contributed by atoms with Gasteiger partial charge in [-0.3, -0.25) is 0 Å². The van der Waals surface area contributed by atoms with Gasteiger partial charge >= 0.3 is 12.1 Å². The van der Waals surface area contributed by atoms with E-state index in [2.05, 4.69) is 31.3 Å². The van der Waals surface area contributed by atoms with Gasteiger partial charge in [-0.25, -0.2) is 9.59 Å². The zero-order valence-corrected chi connectivity index (χ0v) is 17.6. The monoisotopic (exact) mass is 413 g/mol. The predicted octanol–water partition coefficient (Wildman–Crippen LogP) is 4.90. The van der Waals surface area contributed by atoms with Crippen molar-refractivity contribution < 1.29 is 19.4 Å². The van der Waals surface area contributed by atoms with E-state index in [0.29, 0.717) is 11.0 Å². The van der Waals surface area contributed by atoms with Crippen molar-refractivity contribution in [1.29, 1.82) is 0 Å². The lowest BCUT2D eigenvalue weighted by atomic mass is 9.98. The van der Waals surface area contributed by atoms with E-state index in [1.165, 1.54) is 0 Å². The van der Waals surface area contributed by atoms with Gasteiger partial charge in [0.1, 0.15) is 12.6 Å². The summed E-state index contributed by atoms with van der Waals surface area (Å²) in [6.07, 6.45) is 1.25. The van der Waals surface area contributed by atoms with Crippen LogP contribution in [0, 0.1) is 0 Å². The van der Waals surface area contributed by atoms with E-state index >= 15 is 0 Å². The first-order valence-electron chi connectivity index (χ1n) is 10.0. The molecule has 0 spiro atoms. The van der Waals surface area contributed by atoms with E-state index in [4.69, 9.17) is 4.74 Å². The Bertz CT molecular complexity index is 820. The zero-order chi connectivity index (χ0) is 20.8. The van der Waals surface area contributed by atoms with Crippen LogP contribution in [0.15, 0.2) is 48.5 Å². The number of carboxylic acids is 1. The lowest BCUT2D eigenvalue weighted by molar-refractivity contribution is -0.138. The third kappa shape index (κ3) is 4.93. The number of carboxylic acid groups (broad SMARTS) is 1. The normalized spacial score (nSPS) is 13.6. The van der Waals surface area contributed by atoms with E-state index in [1.807, 2.05) is 36.4 Å². The molecule has 1 unspecified atom stereocenters. The fraction of sp³-hybridized carbons (Fsp3) is 0.391.